The molecule has 0 saturated carbocycles. The zero-order chi connectivity index (χ0) is 33.5. The molecule has 0 bridgehead atoms. The van der Waals surface area contributed by atoms with Crippen molar-refractivity contribution >= 4 is 11.9 Å². The van der Waals surface area contributed by atoms with Gasteiger partial charge in [-0.15, -0.1) is 0 Å². The number of aliphatic hydroxyl groups is 2. The number of allylic oxidation sites excluding steroid dienone is 4. The molecule has 0 saturated heterocycles. The number of hydrogen-bond acceptors (Lipinski definition) is 5. The van der Waals surface area contributed by atoms with E-state index in [0.717, 1.165) is 38.5 Å². The summed E-state index contributed by atoms with van der Waals surface area (Å²) >= 11 is 0. The van der Waals surface area contributed by atoms with Gasteiger partial charge < -0.3 is 20.1 Å². The van der Waals surface area contributed by atoms with E-state index in [2.05, 4.69) is 38.2 Å². The van der Waals surface area contributed by atoms with Crippen molar-refractivity contribution in [3.63, 3.8) is 0 Å². The van der Waals surface area contributed by atoms with Crippen LogP contribution in [0, 0.1) is 0 Å². The van der Waals surface area contributed by atoms with E-state index in [0.29, 0.717) is 12.8 Å². The number of rotatable bonds is 33. The van der Waals surface area contributed by atoms with Gasteiger partial charge >= 0.3 is 11.9 Å². The van der Waals surface area contributed by atoms with Crippen molar-refractivity contribution in [2.45, 2.75) is 200 Å². The number of unbranched alkanes of at least 4 members (excludes halogenated alkanes) is 22. The summed E-state index contributed by atoms with van der Waals surface area (Å²) in [6, 6.07) is 0. The molecule has 0 aromatic rings. The van der Waals surface area contributed by atoms with E-state index < -0.39 is 12.1 Å². The Hall–Kier alpha value is -1.66. The number of hydrogen-bond donors (Lipinski definition) is 3. The van der Waals surface area contributed by atoms with Gasteiger partial charge in [0.25, 0.3) is 0 Å². The van der Waals surface area contributed by atoms with Crippen LogP contribution < -0.4 is 0 Å². The predicted octanol–water partition coefficient (Wildman–Crippen LogP) is 11.0. The summed E-state index contributed by atoms with van der Waals surface area (Å²) in [5, 5.41) is 26.2. The Morgan fingerprint density at radius 2 is 0.800 bits per heavy atom. The van der Waals surface area contributed by atoms with Crippen LogP contribution in [0.3, 0.4) is 0 Å². The number of aliphatic carboxylic acids is 1. The third-order valence-electron chi connectivity index (χ3n) is 8.00. The van der Waals surface area contributed by atoms with E-state index in [1.54, 1.807) is 0 Å². The van der Waals surface area contributed by atoms with Crippen molar-refractivity contribution in [1.82, 2.24) is 0 Å². The molecule has 0 amide bonds. The van der Waals surface area contributed by atoms with Gasteiger partial charge in [0, 0.05) is 12.8 Å². The van der Waals surface area contributed by atoms with Crippen molar-refractivity contribution in [3.05, 3.63) is 24.3 Å². The molecule has 6 heteroatoms. The number of ether oxygens (including phenoxy) is 1. The molecule has 266 valence electrons. The topological polar surface area (TPSA) is 104 Å². The molecule has 0 fully saturated rings. The average molecular weight is 639 g/mol. The van der Waals surface area contributed by atoms with Crippen LogP contribution in [0.2, 0.25) is 0 Å². The van der Waals surface area contributed by atoms with Gasteiger partial charge in [-0.25, -0.2) is 0 Å². The Morgan fingerprint density at radius 3 is 1.13 bits per heavy atom. The fraction of sp³-hybridized carbons (Fsp3) is 0.846. The number of carbonyl (C=O) groups excluding carboxylic acids is 1. The van der Waals surface area contributed by atoms with Crippen molar-refractivity contribution in [1.29, 1.82) is 0 Å². The highest BCUT2D eigenvalue weighted by molar-refractivity contribution is 5.69. The molecule has 0 aliphatic rings. The van der Waals surface area contributed by atoms with Crippen LogP contribution in [0.1, 0.15) is 194 Å². The van der Waals surface area contributed by atoms with E-state index >= 15 is 0 Å². The molecular weight excluding hydrogens is 564 g/mol. The Kier molecular flexibility index (Phi) is 40.8. The average Bonchev–Trinajstić information content (AvgIpc) is 3.03. The highest BCUT2D eigenvalue weighted by Gasteiger charge is 2.11. The van der Waals surface area contributed by atoms with Crippen LogP contribution in [0.25, 0.3) is 0 Å². The zero-order valence-electron chi connectivity index (χ0n) is 29.7. The first-order valence-electron chi connectivity index (χ1n) is 18.9. The van der Waals surface area contributed by atoms with E-state index in [4.69, 9.17) is 20.1 Å². The fourth-order valence-corrected chi connectivity index (χ4v) is 5.06. The predicted molar refractivity (Wildman–Crippen MR) is 191 cm³/mol. The maximum atomic E-state index is 11.5. The van der Waals surface area contributed by atoms with E-state index in [-0.39, 0.29) is 19.2 Å². The highest BCUT2D eigenvalue weighted by Crippen LogP contribution is 2.12. The van der Waals surface area contributed by atoms with Crippen molar-refractivity contribution in [2.24, 2.45) is 0 Å². The Bertz CT molecular complexity index is 656. The third-order valence-corrected chi connectivity index (χ3v) is 8.00. The summed E-state index contributed by atoms with van der Waals surface area (Å²) in [5.74, 6) is -0.992. The van der Waals surface area contributed by atoms with Gasteiger partial charge in [0.15, 0.2) is 0 Å². The van der Waals surface area contributed by atoms with Gasteiger partial charge in [0.1, 0.15) is 6.10 Å². The lowest BCUT2D eigenvalue weighted by Gasteiger charge is -2.12. The van der Waals surface area contributed by atoms with Crippen LogP contribution in [-0.4, -0.2) is 46.6 Å². The smallest absolute Gasteiger partial charge is 0.306 e. The van der Waals surface area contributed by atoms with Gasteiger partial charge in [0.2, 0.25) is 0 Å². The lowest BCUT2D eigenvalue weighted by atomic mass is 10.1. The summed E-state index contributed by atoms with van der Waals surface area (Å²) in [4.78, 5) is 21.8. The minimum Gasteiger partial charge on any atom is -0.481 e. The van der Waals surface area contributed by atoms with Crippen LogP contribution in [0.4, 0.5) is 0 Å². The summed E-state index contributed by atoms with van der Waals surface area (Å²) in [7, 11) is 0. The summed E-state index contributed by atoms with van der Waals surface area (Å²) < 4.78 is 4.92. The number of carboxylic acid groups (broad SMARTS) is 1. The quantitative estimate of drug-likeness (QED) is 0.0375. The molecule has 0 radical (unpaired) electrons. The SMILES string of the molecule is CCCCCCCC/C=C\CCCCCCCC(=O)O.CCCCCCCC/C=C\CCCCCCCC(=O)OC(CO)CO. The molecule has 0 atom stereocenters. The first-order valence-corrected chi connectivity index (χ1v) is 18.9. The standard InChI is InChI=1S/C21H40O4.C18H34O2/c1-2-3-4-5-6-7-8-9-10-11-12-13-14-15-16-17-21(24)25-20(18-22)19-23;1-2-3-4-5-6-7-8-9-10-11-12-13-14-15-16-17-18(19)20/h9-10,20,22-23H,2-8,11-19H2,1H3;9-10H,2-8,11-17H2,1H3,(H,19,20)/b2*10-9-. The molecule has 0 heterocycles. The molecule has 0 rings (SSSR count). The summed E-state index contributed by atoms with van der Waals surface area (Å²) in [5.41, 5.74) is 0. The van der Waals surface area contributed by atoms with E-state index in [1.807, 2.05) is 0 Å². The molecule has 0 aliphatic carbocycles. The molecule has 0 aromatic carbocycles. The number of esters is 1. The fourth-order valence-electron chi connectivity index (χ4n) is 5.06. The second-order valence-electron chi connectivity index (χ2n) is 12.5. The maximum Gasteiger partial charge on any atom is 0.306 e. The molecule has 0 unspecified atom stereocenters. The van der Waals surface area contributed by atoms with Crippen molar-refractivity contribution in [2.75, 3.05) is 13.2 Å². The van der Waals surface area contributed by atoms with Crippen LogP contribution in [0.15, 0.2) is 24.3 Å². The van der Waals surface area contributed by atoms with Crippen molar-refractivity contribution < 1.29 is 29.6 Å². The number of carbonyl (C=O) groups is 2. The van der Waals surface area contributed by atoms with Crippen LogP contribution in [-0.2, 0) is 14.3 Å². The largest absolute Gasteiger partial charge is 0.481 e. The molecule has 3 N–H and O–H groups in total. The molecule has 45 heavy (non-hydrogen) atoms. The van der Waals surface area contributed by atoms with Crippen molar-refractivity contribution in [3.8, 4) is 0 Å². The second-order valence-corrected chi connectivity index (χ2v) is 12.5. The Balaban J connectivity index is 0. The third kappa shape index (κ3) is 42.3. The van der Waals surface area contributed by atoms with Gasteiger partial charge in [-0.1, -0.05) is 141 Å². The Morgan fingerprint density at radius 1 is 0.489 bits per heavy atom. The molecule has 6 nitrogen and oxygen atoms in total. The Labute approximate surface area is 278 Å². The lowest BCUT2D eigenvalue weighted by Crippen LogP contribution is -2.25. The van der Waals surface area contributed by atoms with E-state index in [9.17, 15) is 9.59 Å². The number of carboxylic acids is 1. The van der Waals surface area contributed by atoms with Gasteiger partial charge in [-0.3, -0.25) is 9.59 Å². The van der Waals surface area contributed by atoms with Crippen LogP contribution >= 0.6 is 0 Å². The van der Waals surface area contributed by atoms with E-state index in [1.165, 1.54) is 128 Å². The summed E-state index contributed by atoms with van der Waals surface area (Å²) in [6.45, 7) is 3.86. The normalized spacial score (nSPS) is 11.4. The molecule has 0 aliphatic heterocycles. The van der Waals surface area contributed by atoms with Gasteiger partial charge in [-0.2, -0.15) is 0 Å². The second kappa shape index (κ2) is 40.4. The lowest BCUT2D eigenvalue weighted by molar-refractivity contribution is -0.153. The maximum absolute atomic E-state index is 11.5. The molecule has 0 spiro atoms. The number of aliphatic hydroxyl groups excluding tert-OH is 2. The zero-order valence-corrected chi connectivity index (χ0v) is 29.7. The van der Waals surface area contributed by atoms with Gasteiger partial charge in [-0.05, 0) is 64.2 Å². The first kappa shape index (κ1) is 45.5. The monoisotopic (exact) mass is 639 g/mol. The highest BCUT2D eigenvalue weighted by atomic mass is 16.6. The molecule has 0 aromatic heterocycles. The minimum absolute atomic E-state index is 0.325. The first-order chi connectivity index (χ1) is 22.0. The molecular formula is C39H74O6. The van der Waals surface area contributed by atoms with Gasteiger partial charge in [0.05, 0.1) is 13.2 Å². The van der Waals surface area contributed by atoms with Crippen LogP contribution in [0.5, 0.6) is 0 Å². The summed E-state index contributed by atoms with van der Waals surface area (Å²) in [6.07, 6.45) is 41.4. The minimum atomic E-state index is -0.768.